The van der Waals surface area contributed by atoms with Crippen LogP contribution in [0.1, 0.15) is 30.4 Å². The number of nitrogens with one attached hydrogen (secondary N) is 1. The number of aliphatic carboxylic acids is 1. The summed E-state index contributed by atoms with van der Waals surface area (Å²) in [5.41, 5.74) is 3.85. The van der Waals surface area contributed by atoms with Gasteiger partial charge in [-0.2, -0.15) is 0 Å². The van der Waals surface area contributed by atoms with Crippen molar-refractivity contribution in [2.75, 3.05) is 11.9 Å². The maximum absolute atomic E-state index is 10.4. The molecule has 3 heteroatoms. The number of rotatable bonds is 4. The zero-order valence-electron chi connectivity index (χ0n) is 9.33. The molecule has 0 saturated carbocycles. The first-order chi connectivity index (χ1) is 7.75. The highest BCUT2D eigenvalue weighted by atomic mass is 16.4. The van der Waals surface area contributed by atoms with Crippen LogP contribution in [0.15, 0.2) is 18.2 Å². The number of carboxylic acid groups (broad SMARTS) is 1. The first-order valence-electron chi connectivity index (χ1n) is 5.83. The third kappa shape index (κ3) is 2.75. The molecule has 1 aliphatic heterocycles. The molecular weight excluding hydrogens is 202 g/mol. The van der Waals surface area contributed by atoms with Gasteiger partial charge in [-0.15, -0.1) is 0 Å². The van der Waals surface area contributed by atoms with Crippen LogP contribution in [-0.2, 0) is 17.6 Å². The van der Waals surface area contributed by atoms with Gasteiger partial charge in [-0.05, 0) is 42.9 Å². The number of anilines is 1. The van der Waals surface area contributed by atoms with E-state index in [4.69, 9.17) is 5.11 Å². The maximum Gasteiger partial charge on any atom is 0.303 e. The molecule has 0 fully saturated rings. The molecule has 0 spiro atoms. The summed E-state index contributed by atoms with van der Waals surface area (Å²) < 4.78 is 0. The molecular formula is C13H17NO2. The SMILES string of the molecule is O=C(O)CCCc1ccc2c(c1)NCCC2. The van der Waals surface area contributed by atoms with E-state index in [-0.39, 0.29) is 6.42 Å². The number of carboxylic acids is 1. The van der Waals surface area contributed by atoms with Crippen LogP contribution in [0.3, 0.4) is 0 Å². The lowest BCUT2D eigenvalue weighted by atomic mass is 9.99. The first-order valence-corrected chi connectivity index (χ1v) is 5.83. The summed E-state index contributed by atoms with van der Waals surface area (Å²) >= 11 is 0. The van der Waals surface area contributed by atoms with Crippen molar-refractivity contribution in [1.82, 2.24) is 0 Å². The Labute approximate surface area is 95.5 Å². The number of fused-ring (bicyclic) bond motifs is 1. The van der Waals surface area contributed by atoms with Gasteiger partial charge in [0.25, 0.3) is 0 Å². The molecule has 0 saturated heterocycles. The van der Waals surface area contributed by atoms with Crippen molar-refractivity contribution < 1.29 is 9.90 Å². The molecule has 16 heavy (non-hydrogen) atoms. The Morgan fingerprint density at radius 1 is 1.44 bits per heavy atom. The van der Waals surface area contributed by atoms with Gasteiger partial charge in [-0.1, -0.05) is 12.1 Å². The molecule has 1 aromatic rings. The zero-order chi connectivity index (χ0) is 11.4. The van der Waals surface area contributed by atoms with E-state index < -0.39 is 5.97 Å². The molecule has 86 valence electrons. The predicted octanol–water partition coefficient (Wildman–Crippen LogP) is 2.45. The lowest BCUT2D eigenvalue weighted by Crippen LogP contribution is -2.11. The van der Waals surface area contributed by atoms with Crippen molar-refractivity contribution in [2.24, 2.45) is 0 Å². The maximum atomic E-state index is 10.4. The third-order valence-corrected chi connectivity index (χ3v) is 2.97. The average molecular weight is 219 g/mol. The second-order valence-corrected chi connectivity index (χ2v) is 4.27. The minimum Gasteiger partial charge on any atom is -0.481 e. The summed E-state index contributed by atoms with van der Waals surface area (Å²) in [7, 11) is 0. The fourth-order valence-corrected chi connectivity index (χ4v) is 2.11. The van der Waals surface area contributed by atoms with E-state index in [1.54, 1.807) is 0 Å². The largest absolute Gasteiger partial charge is 0.481 e. The molecule has 0 bridgehead atoms. The monoisotopic (exact) mass is 219 g/mol. The van der Waals surface area contributed by atoms with E-state index >= 15 is 0 Å². The lowest BCUT2D eigenvalue weighted by molar-refractivity contribution is -0.137. The van der Waals surface area contributed by atoms with Crippen LogP contribution in [0.5, 0.6) is 0 Å². The Balaban J connectivity index is 1.97. The van der Waals surface area contributed by atoms with Gasteiger partial charge in [0.15, 0.2) is 0 Å². The van der Waals surface area contributed by atoms with Gasteiger partial charge in [0.1, 0.15) is 0 Å². The second kappa shape index (κ2) is 5.01. The van der Waals surface area contributed by atoms with E-state index in [1.807, 2.05) is 0 Å². The number of aryl methyl sites for hydroxylation is 2. The van der Waals surface area contributed by atoms with Gasteiger partial charge in [-0.3, -0.25) is 4.79 Å². The Morgan fingerprint density at radius 2 is 2.31 bits per heavy atom. The Bertz CT molecular complexity index is 388. The highest BCUT2D eigenvalue weighted by Gasteiger charge is 2.08. The van der Waals surface area contributed by atoms with E-state index in [9.17, 15) is 4.79 Å². The summed E-state index contributed by atoms with van der Waals surface area (Å²) in [4.78, 5) is 10.4. The Kier molecular flexibility index (Phi) is 3.44. The standard InChI is InChI=1S/C13H17NO2/c15-13(16)5-1-3-10-6-7-11-4-2-8-14-12(11)9-10/h6-7,9,14H,1-5,8H2,(H,15,16). The van der Waals surface area contributed by atoms with Crippen LogP contribution >= 0.6 is 0 Å². The minimum atomic E-state index is -0.712. The Morgan fingerprint density at radius 3 is 3.12 bits per heavy atom. The van der Waals surface area contributed by atoms with Crippen LogP contribution in [0, 0.1) is 0 Å². The predicted molar refractivity (Wildman–Crippen MR) is 63.8 cm³/mol. The molecule has 0 aromatic heterocycles. The summed E-state index contributed by atoms with van der Waals surface area (Å²) in [5.74, 6) is -0.712. The molecule has 0 unspecified atom stereocenters. The van der Waals surface area contributed by atoms with Crippen LogP contribution in [0.4, 0.5) is 5.69 Å². The number of benzene rings is 1. The number of hydrogen-bond acceptors (Lipinski definition) is 2. The smallest absolute Gasteiger partial charge is 0.303 e. The first kappa shape index (κ1) is 11.0. The molecule has 3 nitrogen and oxygen atoms in total. The summed E-state index contributed by atoms with van der Waals surface area (Å²) in [6.07, 6.45) is 4.17. The van der Waals surface area contributed by atoms with Crippen molar-refractivity contribution in [2.45, 2.75) is 32.1 Å². The van der Waals surface area contributed by atoms with E-state index in [1.165, 1.54) is 23.2 Å². The normalized spacial score (nSPS) is 14.0. The topological polar surface area (TPSA) is 49.3 Å². The molecule has 0 amide bonds. The number of carbonyl (C=O) groups is 1. The van der Waals surface area contributed by atoms with Crippen LogP contribution in [0.25, 0.3) is 0 Å². The highest BCUT2D eigenvalue weighted by molar-refractivity contribution is 5.66. The fourth-order valence-electron chi connectivity index (χ4n) is 2.11. The van der Waals surface area contributed by atoms with Gasteiger partial charge >= 0.3 is 5.97 Å². The van der Waals surface area contributed by atoms with E-state index in [0.717, 1.165) is 19.4 Å². The van der Waals surface area contributed by atoms with Gasteiger partial charge in [0.05, 0.1) is 0 Å². The lowest BCUT2D eigenvalue weighted by Gasteiger charge is -2.18. The van der Waals surface area contributed by atoms with Gasteiger partial charge < -0.3 is 10.4 Å². The molecule has 0 atom stereocenters. The van der Waals surface area contributed by atoms with Crippen LogP contribution in [-0.4, -0.2) is 17.6 Å². The summed E-state index contributed by atoms with van der Waals surface area (Å²) in [5, 5.41) is 12.0. The second-order valence-electron chi connectivity index (χ2n) is 4.27. The molecule has 0 radical (unpaired) electrons. The molecule has 2 rings (SSSR count). The van der Waals surface area contributed by atoms with E-state index in [2.05, 4.69) is 23.5 Å². The van der Waals surface area contributed by atoms with Crippen molar-refractivity contribution in [3.8, 4) is 0 Å². The zero-order valence-corrected chi connectivity index (χ0v) is 9.33. The van der Waals surface area contributed by atoms with Crippen molar-refractivity contribution in [3.63, 3.8) is 0 Å². The molecule has 1 aliphatic rings. The number of hydrogen-bond donors (Lipinski definition) is 2. The molecule has 0 aliphatic carbocycles. The molecule has 1 heterocycles. The molecule has 2 N–H and O–H groups in total. The van der Waals surface area contributed by atoms with Crippen molar-refractivity contribution in [1.29, 1.82) is 0 Å². The highest BCUT2D eigenvalue weighted by Crippen LogP contribution is 2.23. The van der Waals surface area contributed by atoms with E-state index in [0.29, 0.717) is 6.42 Å². The van der Waals surface area contributed by atoms with Gasteiger partial charge in [-0.25, -0.2) is 0 Å². The third-order valence-electron chi connectivity index (χ3n) is 2.97. The van der Waals surface area contributed by atoms with Gasteiger partial charge in [0, 0.05) is 18.7 Å². The van der Waals surface area contributed by atoms with Crippen molar-refractivity contribution in [3.05, 3.63) is 29.3 Å². The van der Waals surface area contributed by atoms with Crippen LogP contribution in [0.2, 0.25) is 0 Å². The summed E-state index contributed by atoms with van der Waals surface area (Å²) in [6.45, 7) is 1.05. The quantitative estimate of drug-likeness (QED) is 0.817. The van der Waals surface area contributed by atoms with Crippen molar-refractivity contribution >= 4 is 11.7 Å². The Hall–Kier alpha value is -1.51. The fraction of sp³-hybridized carbons (Fsp3) is 0.462. The molecule has 1 aromatic carbocycles. The minimum absolute atomic E-state index is 0.254. The average Bonchev–Trinajstić information content (AvgIpc) is 2.28. The summed E-state index contributed by atoms with van der Waals surface area (Å²) in [6, 6.07) is 6.45. The van der Waals surface area contributed by atoms with Crippen LogP contribution < -0.4 is 5.32 Å². The van der Waals surface area contributed by atoms with Gasteiger partial charge in [0.2, 0.25) is 0 Å².